The first-order valence-electron chi connectivity index (χ1n) is 4.37. The van der Waals surface area contributed by atoms with Gasteiger partial charge >= 0.3 is 0 Å². The summed E-state index contributed by atoms with van der Waals surface area (Å²) in [6, 6.07) is 4.01. The van der Waals surface area contributed by atoms with Crippen molar-refractivity contribution >= 4 is 17.8 Å². The highest BCUT2D eigenvalue weighted by Gasteiger charge is 2.15. The number of nitrogens with zero attached hydrogens (tertiary/aromatic N) is 1. The van der Waals surface area contributed by atoms with Gasteiger partial charge in [-0.15, -0.1) is 0 Å². The molecule has 0 saturated carbocycles. The molecule has 0 aromatic heterocycles. The van der Waals surface area contributed by atoms with E-state index in [0.717, 1.165) is 0 Å². The minimum Gasteiger partial charge on any atom is -0.398 e. The number of allylic oxidation sites excluding steroid dienone is 1. The number of hydrogen-bond donors (Lipinski definition) is 2. The molecule has 3 nitrogen and oxygen atoms in total. The molecule has 0 fully saturated rings. The Morgan fingerprint density at radius 1 is 1.47 bits per heavy atom. The SMILES string of the molecule is NC1=CC(c2cc(Cl)ccc2F)NN=C1. The molecule has 1 aromatic carbocycles. The first-order chi connectivity index (χ1) is 7.16. The molecule has 1 aromatic rings. The maximum Gasteiger partial charge on any atom is 0.128 e. The maximum atomic E-state index is 13.5. The van der Waals surface area contributed by atoms with Crippen LogP contribution in [0.5, 0.6) is 0 Å². The van der Waals surface area contributed by atoms with E-state index < -0.39 is 0 Å². The Morgan fingerprint density at radius 2 is 2.27 bits per heavy atom. The van der Waals surface area contributed by atoms with Gasteiger partial charge in [0, 0.05) is 10.6 Å². The monoisotopic (exact) mass is 225 g/mol. The molecular formula is C10H9ClFN3. The number of benzene rings is 1. The Morgan fingerprint density at radius 3 is 3.00 bits per heavy atom. The quantitative estimate of drug-likeness (QED) is 0.768. The Hall–Kier alpha value is -1.55. The van der Waals surface area contributed by atoms with E-state index >= 15 is 0 Å². The average molecular weight is 226 g/mol. The van der Waals surface area contributed by atoms with Crippen molar-refractivity contribution in [1.82, 2.24) is 5.43 Å². The molecule has 78 valence electrons. The van der Waals surface area contributed by atoms with Crippen molar-refractivity contribution in [1.29, 1.82) is 0 Å². The lowest BCUT2D eigenvalue weighted by atomic mass is 10.1. The first-order valence-corrected chi connectivity index (χ1v) is 4.75. The lowest BCUT2D eigenvalue weighted by molar-refractivity contribution is 0.566. The molecule has 5 heteroatoms. The van der Waals surface area contributed by atoms with Gasteiger partial charge in [0.2, 0.25) is 0 Å². The second kappa shape index (κ2) is 3.90. The van der Waals surface area contributed by atoms with Crippen LogP contribution in [0.3, 0.4) is 0 Å². The highest BCUT2D eigenvalue weighted by Crippen LogP contribution is 2.23. The van der Waals surface area contributed by atoms with Gasteiger partial charge in [0.15, 0.2) is 0 Å². The fraction of sp³-hybridized carbons (Fsp3) is 0.100. The van der Waals surface area contributed by atoms with Crippen LogP contribution in [0.15, 0.2) is 35.1 Å². The Balaban J connectivity index is 2.37. The van der Waals surface area contributed by atoms with Crippen LogP contribution in [0.4, 0.5) is 4.39 Å². The van der Waals surface area contributed by atoms with E-state index in [-0.39, 0.29) is 11.9 Å². The van der Waals surface area contributed by atoms with Gasteiger partial charge in [-0.3, -0.25) is 5.43 Å². The molecule has 0 radical (unpaired) electrons. The third-order valence-electron chi connectivity index (χ3n) is 2.08. The molecular weight excluding hydrogens is 217 g/mol. The number of rotatable bonds is 1. The number of halogens is 2. The van der Waals surface area contributed by atoms with Gasteiger partial charge in [0.05, 0.1) is 18.0 Å². The summed E-state index contributed by atoms with van der Waals surface area (Å²) in [7, 11) is 0. The van der Waals surface area contributed by atoms with Gasteiger partial charge < -0.3 is 5.73 Å². The summed E-state index contributed by atoms with van der Waals surface area (Å²) in [6.07, 6.45) is 3.15. The van der Waals surface area contributed by atoms with Crippen LogP contribution in [0, 0.1) is 5.82 Å². The van der Waals surface area contributed by atoms with Crippen molar-refractivity contribution in [2.75, 3.05) is 0 Å². The first kappa shape index (κ1) is 9.98. The molecule has 0 amide bonds. The summed E-state index contributed by atoms with van der Waals surface area (Å²) in [5.41, 5.74) is 9.25. The highest BCUT2D eigenvalue weighted by molar-refractivity contribution is 6.30. The molecule has 0 spiro atoms. The zero-order valence-electron chi connectivity index (χ0n) is 7.74. The fourth-order valence-corrected chi connectivity index (χ4v) is 1.56. The molecule has 1 heterocycles. The lowest BCUT2D eigenvalue weighted by Crippen LogP contribution is -2.21. The number of hydrogen-bond acceptors (Lipinski definition) is 3. The van der Waals surface area contributed by atoms with E-state index in [0.29, 0.717) is 16.3 Å². The van der Waals surface area contributed by atoms with Crippen molar-refractivity contribution in [3.05, 3.63) is 46.4 Å². The van der Waals surface area contributed by atoms with E-state index in [2.05, 4.69) is 10.5 Å². The fourth-order valence-electron chi connectivity index (χ4n) is 1.38. The van der Waals surface area contributed by atoms with Crippen molar-refractivity contribution in [3.63, 3.8) is 0 Å². The number of nitrogens with two attached hydrogens (primary N) is 1. The van der Waals surface area contributed by atoms with E-state index in [1.54, 1.807) is 12.1 Å². The van der Waals surface area contributed by atoms with Crippen LogP contribution < -0.4 is 11.2 Å². The van der Waals surface area contributed by atoms with Crippen LogP contribution in [-0.2, 0) is 0 Å². The van der Waals surface area contributed by atoms with Gasteiger partial charge in [-0.1, -0.05) is 11.6 Å². The van der Waals surface area contributed by atoms with Crippen LogP contribution >= 0.6 is 11.6 Å². The van der Waals surface area contributed by atoms with Gasteiger partial charge in [0.25, 0.3) is 0 Å². The minimum atomic E-state index is -0.367. The Bertz CT molecular complexity index is 442. The van der Waals surface area contributed by atoms with E-state index in [9.17, 15) is 4.39 Å². The zero-order chi connectivity index (χ0) is 10.8. The maximum absolute atomic E-state index is 13.5. The highest BCUT2D eigenvalue weighted by atomic mass is 35.5. The molecule has 15 heavy (non-hydrogen) atoms. The molecule has 1 aliphatic heterocycles. The molecule has 0 bridgehead atoms. The topological polar surface area (TPSA) is 50.4 Å². The number of nitrogens with one attached hydrogen (secondary N) is 1. The molecule has 0 aliphatic carbocycles. The summed E-state index contributed by atoms with van der Waals surface area (Å²) in [4.78, 5) is 0. The molecule has 0 saturated heterocycles. The van der Waals surface area contributed by atoms with Crippen molar-refractivity contribution in [2.24, 2.45) is 10.8 Å². The molecule has 2 rings (SSSR count). The largest absolute Gasteiger partial charge is 0.398 e. The second-order valence-electron chi connectivity index (χ2n) is 3.20. The third-order valence-corrected chi connectivity index (χ3v) is 2.31. The summed E-state index contributed by atoms with van der Waals surface area (Å²) in [6.45, 7) is 0. The molecule has 1 atom stereocenters. The normalized spacial score (nSPS) is 19.6. The summed E-state index contributed by atoms with van der Waals surface area (Å²) >= 11 is 5.79. The molecule has 3 N–H and O–H groups in total. The van der Waals surface area contributed by atoms with E-state index in [1.165, 1.54) is 18.3 Å². The van der Waals surface area contributed by atoms with Crippen LogP contribution in [0.1, 0.15) is 11.6 Å². The van der Waals surface area contributed by atoms with Crippen LogP contribution in [0.2, 0.25) is 5.02 Å². The van der Waals surface area contributed by atoms with E-state index in [1.807, 2.05) is 0 Å². The predicted molar refractivity (Wildman–Crippen MR) is 58.0 cm³/mol. The smallest absolute Gasteiger partial charge is 0.128 e. The van der Waals surface area contributed by atoms with Gasteiger partial charge in [-0.05, 0) is 24.3 Å². The predicted octanol–water partition coefficient (Wildman–Crippen LogP) is 1.95. The number of hydrazone groups is 1. The average Bonchev–Trinajstić information content (AvgIpc) is 2.22. The summed E-state index contributed by atoms with van der Waals surface area (Å²) in [5, 5.41) is 4.29. The van der Waals surface area contributed by atoms with Crippen LogP contribution in [0.25, 0.3) is 0 Å². The Labute approximate surface area is 91.4 Å². The Kier molecular flexibility index (Phi) is 2.60. The lowest BCUT2D eigenvalue weighted by Gasteiger charge is -2.17. The van der Waals surface area contributed by atoms with E-state index in [4.69, 9.17) is 17.3 Å². The van der Waals surface area contributed by atoms with Crippen molar-refractivity contribution < 1.29 is 4.39 Å². The second-order valence-corrected chi connectivity index (χ2v) is 3.63. The standard InChI is InChI=1S/C10H9ClFN3/c11-6-1-2-9(12)8(3-6)10-4-7(13)5-14-15-10/h1-5,10,15H,13H2. The molecule has 1 unspecified atom stereocenters. The van der Waals surface area contributed by atoms with Gasteiger partial charge in [-0.25, -0.2) is 4.39 Å². The molecule has 1 aliphatic rings. The van der Waals surface area contributed by atoms with Crippen LogP contribution in [-0.4, -0.2) is 6.21 Å². The van der Waals surface area contributed by atoms with Crippen molar-refractivity contribution in [3.8, 4) is 0 Å². The van der Waals surface area contributed by atoms with Crippen molar-refractivity contribution in [2.45, 2.75) is 6.04 Å². The van der Waals surface area contributed by atoms with Gasteiger partial charge in [-0.2, -0.15) is 5.10 Å². The summed E-state index contributed by atoms with van der Waals surface area (Å²) in [5.74, 6) is -0.335. The third kappa shape index (κ3) is 2.10. The minimum absolute atomic E-state index is 0.335. The zero-order valence-corrected chi connectivity index (χ0v) is 8.50. The van der Waals surface area contributed by atoms with Gasteiger partial charge in [0.1, 0.15) is 5.82 Å². The summed E-state index contributed by atoms with van der Waals surface area (Å²) < 4.78 is 13.5.